The van der Waals surface area contributed by atoms with E-state index in [0.29, 0.717) is 12.2 Å². The molecule has 142 valence electrons. The lowest BCUT2D eigenvalue weighted by molar-refractivity contribution is -0.551. The molecule has 0 aliphatic carbocycles. The van der Waals surface area contributed by atoms with Gasteiger partial charge in [0.05, 0.1) is 12.7 Å². The van der Waals surface area contributed by atoms with Crippen molar-refractivity contribution in [3.05, 3.63) is 85.0 Å². The lowest BCUT2D eigenvalue weighted by Gasteiger charge is -2.07. The van der Waals surface area contributed by atoms with Gasteiger partial charge in [-0.15, -0.1) is 12.6 Å². The third-order valence-corrected chi connectivity index (χ3v) is 5.29. The van der Waals surface area contributed by atoms with E-state index in [1.165, 1.54) is 0 Å². The van der Waals surface area contributed by atoms with Crippen LogP contribution in [0.25, 0.3) is 22.5 Å². The molecule has 2 aromatic heterocycles. The first kappa shape index (κ1) is 17.7. The molecule has 0 amide bonds. The fraction of sp³-hybridized carbons (Fsp3) is 0.0870. The highest BCUT2D eigenvalue weighted by Gasteiger charge is 2.41. The van der Waals surface area contributed by atoms with E-state index in [-0.39, 0.29) is 5.91 Å². The van der Waals surface area contributed by atoms with Crippen molar-refractivity contribution in [2.24, 2.45) is 0 Å². The van der Waals surface area contributed by atoms with Crippen molar-refractivity contribution < 1.29 is 13.8 Å². The van der Waals surface area contributed by atoms with Crippen LogP contribution in [0.15, 0.2) is 88.5 Å². The molecule has 5 nitrogen and oxygen atoms in total. The second kappa shape index (κ2) is 7.22. The van der Waals surface area contributed by atoms with Crippen LogP contribution in [0.5, 0.6) is 0 Å². The van der Waals surface area contributed by atoms with E-state index in [1.807, 2.05) is 66.7 Å². The molecule has 1 atom stereocenters. The van der Waals surface area contributed by atoms with Crippen molar-refractivity contribution >= 4 is 24.4 Å². The molecule has 1 aliphatic rings. The second-order valence-corrected chi connectivity index (χ2v) is 7.44. The molecule has 1 unspecified atom stereocenters. The highest BCUT2D eigenvalue weighted by molar-refractivity contribution is 7.80. The van der Waals surface area contributed by atoms with Gasteiger partial charge in [0.15, 0.2) is 5.69 Å². The maximum atomic E-state index is 13.2. The summed E-state index contributed by atoms with van der Waals surface area (Å²) in [6.07, 6.45) is 3.90. The van der Waals surface area contributed by atoms with Crippen molar-refractivity contribution in [2.45, 2.75) is 17.4 Å². The first-order valence-electron chi connectivity index (χ1n) is 9.34. The molecule has 0 bridgehead atoms. The Morgan fingerprint density at radius 3 is 2.52 bits per heavy atom. The zero-order valence-electron chi connectivity index (χ0n) is 15.4. The highest BCUT2D eigenvalue weighted by atomic mass is 32.1. The largest absolute Gasteiger partial charge is 0.469 e. The molecule has 3 heterocycles. The summed E-state index contributed by atoms with van der Waals surface area (Å²) in [4.78, 5) is 18.9. The van der Waals surface area contributed by atoms with Crippen molar-refractivity contribution in [3.63, 3.8) is 0 Å². The number of nitrogens with zero attached hydrogens (tertiary/aromatic N) is 2. The number of rotatable bonds is 4. The number of carbonyl (C=O) groups is 1. The van der Waals surface area contributed by atoms with Gasteiger partial charge in [-0.25, -0.2) is 9.78 Å². The van der Waals surface area contributed by atoms with Crippen molar-refractivity contribution in [1.29, 1.82) is 0 Å². The zero-order chi connectivity index (χ0) is 19.8. The van der Waals surface area contributed by atoms with Gasteiger partial charge in [0.2, 0.25) is 6.04 Å². The molecular weight excluding hydrogens is 382 g/mol. The molecule has 0 saturated carbocycles. The molecule has 0 spiro atoms. The topological polar surface area (TPSA) is 59.0 Å². The number of benzene rings is 2. The standard InChI is InChI=1S/C23H17N3O2S/c27-23-19(13-17-7-4-12-28-17)25-22-21(16-8-10-18(29)11-9-16)24-20(14-26(22)23)15-5-2-1-3-6-15/h1-12,14,19H,13H2,(H,24,29)/p+1. The van der Waals surface area contributed by atoms with Crippen LogP contribution in [0.1, 0.15) is 10.6 Å². The number of anilines is 1. The van der Waals surface area contributed by atoms with E-state index in [2.05, 4.69) is 17.9 Å². The normalized spacial score (nSPS) is 15.2. The highest BCUT2D eigenvalue weighted by Crippen LogP contribution is 2.30. The molecular formula is C23H18N3O2S+. The van der Waals surface area contributed by atoms with Gasteiger partial charge in [0, 0.05) is 16.0 Å². The SMILES string of the molecule is O=C1C(Cc2ccco2)Nc2c(-c3ccc(S)cc3)nc(-c3ccccc3)c[n+]21. The summed E-state index contributed by atoms with van der Waals surface area (Å²) in [6.45, 7) is 0. The number of nitrogens with one attached hydrogen (secondary N) is 1. The van der Waals surface area contributed by atoms with Crippen LogP contribution in [0.2, 0.25) is 0 Å². The minimum absolute atomic E-state index is 0.0250. The Morgan fingerprint density at radius 2 is 1.79 bits per heavy atom. The lowest BCUT2D eigenvalue weighted by Crippen LogP contribution is -2.43. The van der Waals surface area contributed by atoms with Crippen LogP contribution in [0.4, 0.5) is 5.82 Å². The Labute approximate surface area is 173 Å². The van der Waals surface area contributed by atoms with Gasteiger partial charge >= 0.3 is 11.7 Å². The van der Waals surface area contributed by atoms with Crippen LogP contribution in [-0.4, -0.2) is 16.9 Å². The van der Waals surface area contributed by atoms with Gasteiger partial charge in [-0.1, -0.05) is 42.5 Å². The Morgan fingerprint density at radius 1 is 1.00 bits per heavy atom. The number of hydrogen-bond donors (Lipinski definition) is 2. The van der Waals surface area contributed by atoms with Gasteiger partial charge < -0.3 is 4.42 Å². The Balaban J connectivity index is 1.63. The van der Waals surface area contributed by atoms with Gasteiger partial charge in [-0.3, -0.25) is 5.32 Å². The molecule has 1 aliphatic heterocycles. The van der Waals surface area contributed by atoms with E-state index < -0.39 is 6.04 Å². The van der Waals surface area contributed by atoms with Crippen LogP contribution in [0.3, 0.4) is 0 Å². The Bertz CT molecular complexity index is 1170. The predicted octanol–water partition coefficient (Wildman–Crippen LogP) is 4.26. The number of hydrogen-bond acceptors (Lipinski definition) is 5. The Kier molecular flexibility index (Phi) is 4.41. The number of fused-ring (bicyclic) bond motifs is 1. The van der Waals surface area contributed by atoms with E-state index >= 15 is 0 Å². The quantitative estimate of drug-likeness (QED) is 0.397. The smallest absolute Gasteiger partial charge is 0.359 e. The molecule has 2 aromatic carbocycles. The van der Waals surface area contributed by atoms with Crippen molar-refractivity contribution in [1.82, 2.24) is 4.98 Å². The second-order valence-electron chi connectivity index (χ2n) is 6.92. The summed E-state index contributed by atoms with van der Waals surface area (Å²) in [6, 6.07) is 20.9. The van der Waals surface area contributed by atoms with E-state index in [4.69, 9.17) is 9.40 Å². The van der Waals surface area contributed by atoms with E-state index in [9.17, 15) is 4.79 Å². The fourth-order valence-corrected chi connectivity index (χ4v) is 3.70. The zero-order valence-corrected chi connectivity index (χ0v) is 16.3. The molecule has 6 heteroatoms. The molecule has 0 saturated heterocycles. The van der Waals surface area contributed by atoms with Gasteiger partial charge in [-0.2, -0.15) is 4.57 Å². The number of furan rings is 1. The minimum Gasteiger partial charge on any atom is -0.469 e. The van der Waals surface area contributed by atoms with E-state index in [1.54, 1.807) is 17.0 Å². The third kappa shape index (κ3) is 3.32. The lowest BCUT2D eigenvalue weighted by atomic mass is 10.1. The number of thiol groups is 1. The molecule has 29 heavy (non-hydrogen) atoms. The summed E-state index contributed by atoms with van der Waals surface area (Å²) in [7, 11) is 0. The average molecular weight is 400 g/mol. The minimum atomic E-state index is -0.406. The summed E-state index contributed by atoms with van der Waals surface area (Å²) in [5.41, 5.74) is 3.35. The Hall–Kier alpha value is -3.38. The van der Waals surface area contributed by atoms with Crippen LogP contribution in [-0.2, 0) is 6.42 Å². The maximum Gasteiger partial charge on any atom is 0.359 e. The van der Waals surface area contributed by atoms with Crippen LogP contribution >= 0.6 is 12.6 Å². The van der Waals surface area contributed by atoms with E-state index in [0.717, 1.165) is 33.2 Å². The van der Waals surface area contributed by atoms with Crippen molar-refractivity contribution in [3.8, 4) is 22.5 Å². The first-order chi connectivity index (χ1) is 14.2. The van der Waals surface area contributed by atoms with Crippen LogP contribution in [0, 0.1) is 0 Å². The average Bonchev–Trinajstić information content (AvgIpc) is 3.37. The van der Waals surface area contributed by atoms with Crippen LogP contribution < -0.4 is 9.88 Å². The maximum absolute atomic E-state index is 13.2. The molecule has 5 rings (SSSR count). The molecule has 1 N–H and O–H groups in total. The van der Waals surface area contributed by atoms with Gasteiger partial charge in [-0.05, 0) is 24.3 Å². The predicted molar refractivity (Wildman–Crippen MR) is 113 cm³/mol. The summed E-state index contributed by atoms with van der Waals surface area (Å²) in [5, 5.41) is 3.35. The fourth-order valence-electron chi connectivity index (χ4n) is 3.55. The summed E-state index contributed by atoms with van der Waals surface area (Å²) >= 11 is 4.38. The van der Waals surface area contributed by atoms with Crippen molar-refractivity contribution in [2.75, 3.05) is 5.32 Å². The first-order valence-corrected chi connectivity index (χ1v) is 9.78. The molecule has 0 fully saturated rings. The summed E-state index contributed by atoms with van der Waals surface area (Å²) in [5.74, 6) is 1.43. The molecule has 0 radical (unpaired) electrons. The third-order valence-electron chi connectivity index (χ3n) is 4.99. The van der Waals surface area contributed by atoms with Gasteiger partial charge in [0.25, 0.3) is 0 Å². The molecule has 4 aromatic rings. The van der Waals surface area contributed by atoms with Gasteiger partial charge in [0.1, 0.15) is 17.7 Å². The monoisotopic (exact) mass is 400 g/mol. The summed E-state index contributed by atoms with van der Waals surface area (Å²) < 4.78 is 7.11. The number of carbonyl (C=O) groups excluding carboxylic acids is 1. The number of aromatic nitrogens is 2.